The summed E-state index contributed by atoms with van der Waals surface area (Å²) in [5.41, 5.74) is 6.34. The van der Waals surface area contributed by atoms with Crippen molar-refractivity contribution in [2.24, 2.45) is 5.73 Å². The molecule has 1 aromatic carbocycles. The highest BCUT2D eigenvalue weighted by Gasteiger charge is 2.04. The van der Waals surface area contributed by atoms with Gasteiger partial charge in [0.15, 0.2) is 0 Å². The summed E-state index contributed by atoms with van der Waals surface area (Å²) in [6.45, 7) is 1.32. The summed E-state index contributed by atoms with van der Waals surface area (Å²) in [6.07, 6.45) is 0.838. The Bertz CT molecular complexity index is 279. The molecule has 14 heavy (non-hydrogen) atoms. The zero-order valence-corrected chi connectivity index (χ0v) is 7.85. The lowest BCUT2D eigenvalue weighted by molar-refractivity contribution is 0.0295. The maximum atomic E-state index is 8.89. The minimum absolute atomic E-state index is 0.102. The smallest absolute Gasteiger partial charge is 0.117 e. The summed E-state index contributed by atoms with van der Waals surface area (Å²) in [5.74, 6) is 0. The number of hydrogen-bond acceptors (Lipinski definition) is 5. The average Bonchev–Trinajstić information content (AvgIpc) is 2.19. The first kappa shape index (κ1) is 10.8. The van der Waals surface area contributed by atoms with Gasteiger partial charge in [-0.2, -0.15) is 0 Å². The van der Waals surface area contributed by atoms with Crippen LogP contribution in [0.5, 0.6) is 0 Å². The van der Waals surface area contributed by atoms with E-state index < -0.39 is 0 Å². The van der Waals surface area contributed by atoms with Crippen LogP contribution in [0.4, 0.5) is 11.4 Å². The molecule has 1 rings (SSSR count). The second-order valence-corrected chi connectivity index (χ2v) is 2.88. The van der Waals surface area contributed by atoms with E-state index in [1.165, 1.54) is 0 Å². The number of nitrogens with one attached hydrogen (secondary N) is 1. The summed E-state index contributed by atoms with van der Waals surface area (Å²) in [5, 5.41) is 20.9. The van der Waals surface area contributed by atoms with Crippen LogP contribution in [-0.4, -0.2) is 23.5 Å². The fraction of sp³-hybridized carbons (Fsp3) is 0.333. The van der Waals surface area contributed by atoms with Gasteiger partial charge in [-0.3, -0.25) is 10.4 Å². The molecule has 0 radical (unpaired) electrons. The normalized spacial score (nSPS) is 9.93. The van der Waals surface area contributed by atoms with E-state index in [1.54, 1.807) is 18.2 Å². The second-order valence-electron chi connectivity index (χ2n) is 2.88. The molecule has 0 unspecified atom stereocenters. The molecule has 0 saturated carbocycles. The first-order chi connectivity index (χ1) is 6.75. The number of benzene rings is 1. The van der Waals surface area contributed by atoms with Gasteiger partial charge in [0.25, 0.3) is 0 Å². The number of anilines is 2. The Morgan fingerprint density at radius 1 is 1.29 bits per heavy atom. The van der Waals surface area contributed by atoms with Crippen molar-refractivity contribution in [3.05, 3.63) is 24.3 Å². The lowest BCUT2D eigenvalue weighted by atomic mass is 10.2. The van der Waals surface area contributed by atoms with Crippen LogP contribution in [0.15, 0.2) is 24.3 Å². The molecule has 0 heterocycles. The Labute approximate surface area is 82.7 Å². The Kier molecular flexibility index (Phi) is 4.18. The molecule has 5 nitrogen and oxygen atoms in total. The van der Waals surface area contributed by atoms with Crippen LogP contribution >= 0.6 is 0 Å². The maximum absolute atomic E-state index is 8.89. The van der Waals surface area contributed by atoms with E-state index in [2.05, 4.69) is 5.32 Å². The van der Waals surface area contributed by atoms with E-state index in [0.29, 0.717) is 24.5 Å². The molecule has 0 aliphatic rings. The van der Waals surface area contributed by atoms with E-state index in [4.69, 9.17) is 16.1 Å². The van der Waals surface area contributed by atoms with Crippen molar-refractivity contribution in [3.63, 3.8) is 0 Å². The molecule has 0 aliphatic carbocycles. The van der Waals surface area contributed by atoms with Crippen LogP contribution in [0, 0.1) is 0 Å². The van der Waals surface area contributed by atoms with E-state index >= 15 is 0 Å². The topological polar surface area (TPSA) is 81.8 Å². The van der Waals surface area contributed by atoms with Gasteiger partial charge in [0.05, 0.1) is 5.69 Å². The highest BCUT2D eigenvalue weighted by Crippen LogP contribution is 2.22. The predicted molar refractivity (Wildman–Crippen MR) is 54.7 cm³/mol. The summed E-state index contributed by atoms with van der Waals surface area (Å²) in [6, 6.07) is 6.91. The molecular formula is C9H15N3O2. The van der Waals surface area contributed by atoms with Gasteiger partial charge in [0.1, 0.15) is 5.69 Å². The van der Waals surface area contributed by atoms with Gasteiger partial charge in [0, 0.05) is 6.54 Å². The Morgan fingerprint density at radius 3 is 2.64 bits per heavy atom. The zero-order chi connectivity index (χ0) is 10.4. The van der Waals surface area contributed by atoms with E-state index in [-0.39, 0.29) is 5.23 Å². The molecule has 0 atom stereocenters. The van der Waals surface area contributed by atoms with Crippen molar-refractivity contribution in [1.82, 2.24) is 0 Å². The third kappa shape index (κ3) is 2.88. The molecule has 0 saturated heterocycles. The monoisotopic (exact) mass is 197 g/mol. The van der Waals surface area contributed by atoms with Crippen LogP contribution in [0.1, 0.15) is 6.42 Å². The summed E-state index contributed by atoms with van der Waals surface area (Å²) < 4.78 is 0. The first-order valence-corrected chi connectivity index (χ1v) is 4.46. The molecule has 1 aromatic rings. The van der Waals surface area contributed by atoms with Gasteiger partial charge < -0.3 is 11.1 Å². The van der Waals surface area contributed by atoms with Crippen LogP contribution in [0.2, 0.25) is 0 Å². The molecule has 5 heteroatoms. The minimum atomic E-state index is 0.102. The fourth-order valence-corrected chi connectivity index (χ4v) is 1.12. The predicted octanol–water partition coefficient (Wildman–Crippen LogP) is 1.03. The van der Waals surface area contributed by atoms with Crippen LogP contribution in [0.3, 0.4) is 0 Å². The summed E-state index contributed by atoms with van der Waals surface area (Å²) >= 11 is 0. The van der Waals surface area contributed by atoms with Gasteiger partial charge in [0.2, 0.25) is 0 Å². The van der Waals surface area contributed by atoms with E-state index in [1.807, 2.05) is 6.07 Å². The summed E-state index contributed by atoms with van der Waals surface area (Å²) in [4.78, 5) is 0. The second kappa shape index (κ2) is 5.43. The molecule has 0 aliphatic heterocycles. The van der Waals surface area contributed by atoms with Gasteiger partial charge in [-0.15, -0.1) is 5.23 Å². The summed E-state index contributed by atoms with van der Waals surface area (Å²) in [7, 11) is 0. The molecule has 0 amide bonds. The zero-order valence-electron chi connectivity index (χ0n) is 7.85. The molecule has 0 spiro atoms. The molecule has 0 bridgehead atoms. The van der Waals surface area contributed by atoms with E-state index in [9.17, 15) is 0 Å². The number of rotatable bonds is 5. The number of para-hydroxylation sites is 2. The van der Waals surface area contributed by atoms with Gasteiger partial charge >= 0.3 is 0 Å². The number of hydrogen-bond donors (Lipinski definition) is 4. The van der Waals surface area contributed by atoms with Crippen LogP contribution in [0.25, 0.3) is 0 Å². The molecule has 0 fully saturated rings. The van der Waals surface area contributed by atoms with Crippen molar-refractivity contribution in [3.8, 4) is 0 Å². The standard InChI is InChI=1S/C9H15N3O2/c10-6-3-7-11-8-4-1-2-5-9(8)12(13)14/h1-2,4-5,11,13-14H,3,6-7,10H2. The number of nitrogens with two attached hydrogens (primary N) is 1. The lowest BCUT2D eigenvalue weighted by Gasteiger charge is -2.14. The molecular weight excluding hydrogens is 182 g/mol. The van der Waals surface area contributed by atoms with Crippen molar-refractivity contribution < 1.29 is 10.4 Å². The van der Waals surface area contributed by atoms with Crippen LogP contribution < -0.4 is 16.3 Å². The van der Waals surface area contributed by atoms with Gasteiger partial charge in [-0.05, 0) is 25.1 Å². The lowest BCUT2D eigenvalue weighted by Crippen LogP contribution is -2.15. The van der Waals surface area contributed by atoms with Gasteiger partial charge in [-0.25, -0.2) is 0 Å². The highest BCUT2D eigenvalue weighted by atomic mass is 16.8. The van der Waals surface area contributed by atoms with Gasteiger partial charge in [-0.1, -0.05) is 12.1 Å². The minimum Gasteiger partial charge on any atom is -0.383 e. The highest BCUT2D eigenvalue weighted by molar-refractivity contribution is 5.67. The SMILES string of the molecule is NCCCNc1ccccc1N(O)O. The molecule has 78 valence electrons. The van der Waals surface area contributed by atoms with Crippen molar-refractivity contribution in [2.45, 2.75) is 6.42 Å². The number of nitrogens with zero attached hydrogens (tertiary/aromatic N) is 1. The quantitative estimate of drug-likeness (QED) is 0.418. The maximum Gasteiger partial charge on any atom is 0.117 e. The first-order valence-electron chi connectivity index (χ1n) is 4.46. The van der Waals surface area contributed by atoms with Crippen molar-refractivity contribution in [1.29, 1.82) is 0 Å². The Balaban J connectivity index is 2.64. The molecule has 5 N–H and O–H groups in total. The Hall–Kier alpha value is -1.30. The molecule has 0 aromatic heterocycles. The van der Waals surface area contributed by atoms with Crippen molar-refractivity contribution >= 4 is 11.4 Å². The Morgan fingerprint density at radius 2 is 2.00 bits per heavy atom. The average molecular weight is 197 g/mol. The van der Waals surface area contributed by atoms with Crippen LogP contribution in [-0.2, 0) is 0 Å². The third-order valence-corrected chi connectivity index (χ3v) is 1.82. The van der Waals surface area contributed by atoms with E-state index in [0.717, 1.165) is 6.42 Å². The largest absolute Gasteiger partial charge is 0.383 e. The van der Waals surface area contributed by atoms with Crippen molar-refractivity contribution in [2.75, 3.05) is 23.6 Å². The third-order valence-electron chi connectivity index (χ3n) is 1.82. The fourth-order valence-electron chi connectivity index (χ4n) is 1.12.